The molecule has 0 aliphatic heterocycles. The van der Waals surface area contributed by atoms with Crippen LogP contribution in [0.25, 0.3) is 0 Å². The summed E-state index contributed by atoms with van der Waals surface area (Å²) in [6.45, 7) is 0.466. The molecule has 2 amide bonds. The van der Waals surface area contributed by atoms with Gasteiger partial charge in [-0.15, -0.1) is 0 Å². The van der Waals surface area contributed by atoms with Crippen molar-refractivity contribution in [1.29, 1.82) is 0 Å². The average molecular weight is 531 g/mol. The third kappa shape index (κ3) is 7.34. The van der Waals surface area contributed by atoms with Gasteiger partial charge in [0.1, 0.15) is 18.1 Å². The van der Waals surface area contributed by atoms with E-state index in [2.05, 4.69) is 31.8 Å². The minimum atomic E-state index is -0.881. The van der Waals surface area contributed by atoms with Crippen LogP contribution in [-0.2, 0) is 22.7 Å². The molecule has 170 valence electrons. The fraction of sp³-hybridized carbons (Fsp3) is 0.125. The van der Waals surface area contributed by atoms with Crippen LogP contribution in [0.4, 0.5) is 0 Å². The maximum absolute atomic E-state index is 12.0. The zero-order valence-corrected chi connectivity index (χ0v) is 20.0. The summed E-state index contributed by atoms with van der Waals surface area (Å²) in [5.74, 6) is -0.430. The summed E-state index contributed by atoms with van der Waals surface area (Å²) in [6.07, 6.45) is 1.40. The number of amides is 2. The number of carbonyl (C=O) groups is 2. The molecule has 0 saturated carbocycles. The summed E-state index contributed by atoms with van der Waals surface area (Å²) >= 11 is 9.58. The number of methoxy groups -OCH3 is 1. The van der Waals surface area contributed by atoms with E-state index >= 15 is 0 Å². The van der Waals surface area contributed by atoms with Gasteiger partial charge in [-0.05, 0) is 42.0 Å². The molecule has 0 fully saturated rings. The molecule has 0 atom stereocenters. The van der Waals surface area contributed by atoms with E-state index in [-0.39, 0.29) is 13.2 Å². The molecule has 9 heteroatoms. The summed E-state index contributed by atoms with van der Waals surface area (Å²) in [4.78, 5) is 24.1. The van der Waals surface area contributed by atoms with Crippen LogP contribution in [0, 0.1) is 0 Å². The highest BCUT2D eigenvalue weighted by molar-refractivity contribution is 9.10. The summed E-state index contributed by atoms with van der Waals surface area (Å²) in [5, 5.41) is 7.03. The first-order valence-electron chi connectivity index (χ1n) is 9.86. The van der Waals surface area contributed by atoms with Gasteiger partial charge in [-0.25, -0.2) is 5.43 Å². The van der Waals surface area contributed by atoms with Crippen LogP contribution >= 0.6 is 27.5 Å². The number of hydrogen-bond donors (Lipinski definition) is 2. The SMILES string of the molecule is COc1ccc(CNC(=O)C(=O)N/N=C\c2cc(Br)ccc2OCc2ccccc2Cl)cc1. The Morgan fingerprint density at radius 2 is 1.82 bits per heavy atom. The van der Waals surface area contributed by atoms with Gasteiger partial charge in [0.2, 0.25) is 0 Å². The minimum Gasteiger partial charge on any atom is -0.497 e. The average Bonchev–Trinajstić information content (AvgIpc) is 2.83. The number of nitrogens with zero attached hydrogens (tertiary/aromatic N) is 1. The molecule has 0 aliphatic rings. The fourth-order valence-corrected chi connectivity index (χ4v) is 3.31. The van der Waals surface area contributed by atoms with Crippen molar-refractivity contribution >= 4 is 45.6 Å². The topological polar surface area (TPSA) is 89.0 Å². The van der Waals surface area contributed by atoms with Crippen LogP contribution in [0.15, 0.2) is 76.3 Å². The fourth-order valence-electron chi connectivity index (χ4n) is 2.74. The Morgan fingerprint density at radius 1 is 1.06 bits per heavy atom. The summed E-state index contributed by atoms with van der Waals surface area (Å²) in [5.41, 5.74) is 4.50. The second-order valence-electron chi connectivity index (χ2n) is 6.79. The second kappa shape index (κ2) is 12.0. The highest BCUT2D eigenvalue weighted by Gasteiger charge is 2.12. The van der Waals surface area contributed by atoms with Gasteiger partial charge in [-0.2, -0.15) is 5.10 Å². The molecule has 3 rings (SSSR count). The number of hydrazone groups is 1. The van der Waals surface area contributed by atoms with Gasteiger partial charge in [0, 0.05) is 27.2 Å². The number of nitrogens with one attached hydrogen (secondary N) is 2. The number of ether oxygens (including phenoxy) is 2. The van der Waals surface area contributed by atoms with E-state index in [4.69, 9.17) is 21.1 Å². The molecule has 0 unspecified atom stereocenters. The Kier molecular flexibility index (Phi) is 8.86. The van der Waals surface area contributed by atoms with Crippen LogP contribution in [0.3, 0.4) is 0 Å². The first-order valence-corrected chi connectivity index (χ1v) is 11.0. The molecular formula is C24H21BrClN3O4. The molecule has 0 aromatic heterocycles. The predicted molar refractivity (Wildman–Crippen MR) is 131 cm³/mol. The maximum atomic E-state index is 12.0. The quantitative estimate of drug-likeness (QED) is 0.256. The predicted octanol–water partition coefficient (Wildman–Crippen LogP) is 4.46. The Balaban J connectivity index is 1.56. The van der Waals surface area contributed by atoms with Crippen LogP contribution in [0.2, 0.25) is 5.02 Å². The van der Waals surface area contributed by atoms with Gasteiger partial charge < -0.3 is 14.8 Å². The van der Waals surface area contributed by atoms with Crippen molar-refractivity contribution in [2.75, 3.05) is 7.11 Å². The normalized spacial score (nSPS) is 10.6. The molecule has 3 aromatic rings. The molecule has 3 aromatic carbocycles. The number of rotatable bonds is 8. The van der Waals surface area contributed by atoms with Gasteiger partial charge in [0.25, 0.3) is 0 Å². The zero-order valence-electron chi connectivity index (χ0n) is 17.7. The summed E-state index contributed by atoms with van der Waals surface area (Å²) in [7, 11) is 1.57. The number of halogens is 2. The monoisotopic (exact) mass is 529 g/mol. The van der Waals surface area contributed by atoms with Crippen molar-refractivity contribution in [3.05, 3.63) is 92.9 Å². The van der Waals surface area contributed by atoms with Gasteiger partial charge in [-0.3, -0.25) is 9.59 Å². The van der Waals surface area contributed by atoms with Gasteiger partial charge in [0.15, 0.2) is 0 Å². The van der Waals surface area contributed by atoms with Crippen LogP contribution in [0.5, 0.6) is 11.5 Å². The van der Waals surface area contributed by atoms with Crippen LogP contribution in [-0.4, -0.2) is 25.1 Å². The highest BCUT2D eigenvalue weighted by Crippen LogP contribution is 2.24. The van der Waals surface area contributed by atoms with Crippen molar-refractivity contribution in [2.24, 2.45) is 5.10 Å². The lowest BCUT2D eigenvalue weighted by molar-refractivity contribution is -0.139. The van der Waals surface area contributed by atoms with E-state index in [0.717, 1.165) is 15.6 Å². The Hall–Kier alpha value is -3.36. The summed E-state index contributed by atoms with van der Waals surface area (Å²) < 4.78 is 11.8. The highest BCUT2D eigenvalue weighted by atomic mass is 79.9. The third-order valence-corrected chi connectivity index (χ3v) is 5.36. The van der Waals surface area contributed by atoms with Gasteiger partial charge in [-0.1, -0.05) is 57.9 Å². The van der Waals surface area contributed by atoms with Crippen molar-refractivity contribution in [2.45, 2.75) is 13.2 Å². The molecule has 0 saturated heterocycles. The molecule has 7 nitrogen and oxygen atoms in total. The van der Waals surface area contributed by atoms with E-state index in [9.17, 15) is 9.59 Å². The number of benzene rings is 3. The van der Waals surface area contributed by atoms with Crippen molar-refractivity contribution in [3.8, 4) is 11.5 Å². The standard InChI is InChI=1S/C24H21BrClN3O4/c1-32-20-9-6-16(7-10-20)13-27-23(30)24(31)29-28-14-18-12-19(25)8-11-22(18)33-15-17-4-2-3-5-21(17)26/h2-12,14H,13,15H2,1H3,(H,27,30)(H,29,31)/b28-14-. The Bertz CT molecular complexity index is 1150. The van der Waals surface area contributed by atoms with Gasteiger partial charge in [0.05, 0.1) is 13.3 Å². The second-order valence-corrected chi connectivity index (χ2v) is 8.11. The lowest BCUT2D eigenvalue weighted by Crippen LogP contribution is -2.37. The lowest BCUT2D eigenvalue weighted by atomic mass is 10.2. The van der Waals surface area contributed by atoms with E-state index in [0.29, 0.717) is 22.1 Å². The van der Waals surface area contributed by atoms with Crippen molar-refractivity contribution in [3.63, 3.8) is 0 Å². The molecule has 0 heterocycles. The first kappa shape index (κ1) is 24.3. The Morgan fingerprint density at radius 3 is 2.55 bits per heavy atom. The van der Waals surface area contributed by atoms with Crippen molar-refractivity contribution < 1.29 is 19.1 Å². The van der Waals surface area contributed by atoms with E-state index in [1.165, 1.54) is 6.21 Å². The molecule has 2 N–H and O–H groups in total. The number of carbonyl (C=O) groups excluding carboxylic acids is 2. The molecule has 0 aliphatic carbocycles. The lowest BCUT2D eigenvalue weighted by Gasteiger charge is -2.10. The maximum Gasteiger partial charge on any atom is 0.329 e. The smallest absolute Gasteiger partial charge is 0.329 e. The minimum absolute atomic E-state index is 0.200. The molecule has 0 radical (unpaired) electrons. The molecular weight excluding hydrogens is 510 g/mol. The van der Waals surface area contributed by atoms with E-state index < -0.39 is 11.8 Å². The van der Waals surface area contributed by atoms with Crippen LogP contribution in [0.1, 0.15) is 16.7 Å². The first-order chi connectivity index (χ1) is 16.0. The third-order valence-electron chi connectivity index (χ3n) is 4.50. The zero-order chi connectivity index (χ0) is 23.6. The van der Waals surface area contributed by atoms with E-state index in [1.807, 2.05) is 24.3 Å². The molecule has 0 bridgehead atoms. The molecule has 33 heavy (non-hydrogen) atoms. The van der Waals surface area contributed by atoms with Gasteiger partial charge >= 0.3 is 11.8 Å². The summed E-state index contributed by atoms with van der Waals surface area (Å²) in [6, 6.07) is 19.9. The number of hydrogen-bond acceptors (Lipinski definition) is 5. The van der Waals surface area contributed by atoms with Crippen LogP contribution < -0.4 is 20.2 Å². The van der Waals surface area contributed by atoms with E-state index in [1.54, 1.807) is 49.6 Å². The van der Waals surface area contributed by atoms with Crippen molar-refractivity contribution in [1.82, 2.24) is 10.7 Å². The largest absolute Gasteiger partial charge is 0.497 e. The molecule has 0 spiro atoms. The Labute approximate surface area is 204 Å².